The molecule has 34 heavy (non-hydrogen) atoms. The standard InChI is InChI=1S/C25H28ClFN4O3/c1-15(2)22(32)13-31-8-6-17(7-9-31)34-24-11-18-21(12-23(24)33-3)28-14-29-25(18)30-16-4-5-20(27)19(26)10-16/h4-5,10-12,14-15,17H,6-9,13H2,1-3H3,(H,28,29,30). The molecule has 0 radical (unpaired) electrons. The molecule has 1 aromatic heterocycles. The van der Waals surface area contributed by atoms with Gasteiger partial charge in [-0.2, -0.15) is 0 Å². The Balaban J connectivity index is 1.53. The van der Waals surface area contributed by atoms with Crippen LogP contribution in [0, 0.1) is 11.7 Å². The first-order chi connectivity index (χ1) is 16.3. The fraction of sp³-hybridized carbons (Fsp3) is 0.400. The van der Waals surface area contributed by atoms with Crippen molar-refractivity contribution in [1.82, 2.24) is 14.9 Å². The van der Waals surface area contributed by atoms with Crippen molar-refractivity contribution in [2.75, 3.05) is 32.1 Å². The minimum atomic E-state index is -0.486. The Bertz CT molecular complexity index is 1180. The SMILES string of the molecule is COc1cc2ncnc(Nc3ccc(F)c(Cl)c3)c2cc1OC1CCN(CC(=O)C(C)C)CC1. The fourth-order valence-corrected chi connectivity index (χ4v) is 4.07. The molecular formula is C25H28ClFN4O3. The first-order valence-corrected chi connectivity index (χ1v) is 11.7. The summed E-state index contributed by atoms with van der Waals surface area (Å²) >= 11 is 5.92. The van der Waals surface area contributed by atoms with Crippen molar-refractivity contribution in [2.45, 2.75) is 32.8 Å². The number of rotatable bonds is 8. The molecule has 1 N–H and O–H groups in total. The lowest BCUT2D eigenvalue weighted by molar-refractivity contribution is -0.123. The van der Waals surface area contributed by atoms with Gasteiger partial charge in [0.2, 0.25) is 0 Å². The van der Waals surface area contributed by atoms with Gasteiger partial charge in [-0.3, -0.25) is 9.69 Å². The third-order valence-electron chi connectivity index (χ3n) is 5.95. The van der Waals surface area contributed by atoms with Crippen molar-refractivity contribution < 1.29 is 18.7 Å². The average molecular weight is 487 g/mol. The van der Waals surface area contributed by atoms with Crippen molar-refractivity contribution in [3.63, 3.8) is 0 Å². The topological polar surface area (TPSA) is 76.6 Å². The van der Waals surface area contributed by atoms with E-state index in [0.29, 0.717) is 35.1 Å². The number of aromatic nitrogens is 2. The maximum absolute atomic E-state index is 13.5. The summed E-state index contributed by atoms with van der Waals surface area (Å²) in [5, 5.41) is 3.94. The van der Waals surface area contributed by atoms with E-state index in [1.165, 1.54) is 18.5 Å². The van der Waals surface area contributed by atoms with Crippen LogP contribution >= 0.6 is 11.6 Å². The molecule has 1 aliphatic heterocycles. The van der Waals surface area contributed by atoms with Gasteiger partial charge in [0.05, 0.1) is 24.2 Å². The Labute approximate surface area is 203 Å². The number of hydrogen-bond donors (Lipinski definition) is 1. The second-order valence-electron chi connectivity index (χ2n) is 8.71. The van der Waals surface area contributed by atoms with Crippen LogP contribution in [0.5, 0.6) is 11.5 Å². The van der Waals surface area contributed by atoms with E-state index in [-0.39, 0.29) is 22.8 Å². The molecule has 3 aromatic rings. The summed E-state index contributed by atoms with van der Waals surface area (Å²) in [5.41, 5.74) is 1.28. The normalized spacial score (nSPS) is 15.0. The van der Waals surface area contributed by atoms with Crippen LogP contribution in [0.3, 0.4) is 0 Å². The number of likely N-dealkylation sites (tertiary alicyclic amines) is 1. The molecule has 0 unspecified atom stereocenters. The van der Waals surface area contributed by atoms with Gasteiger partial charge in [-0.05, 0) is 37.1 Å². The lowest BCUT2D eigenvalue weighted by Gasteiger charge is -2.32. The first-order valence-electron chi connectivity index (χ1n) is 11.3. The molecule has 1 aliphatic rings. The first kappa shape index (κ1) is 24.2. The summed E-state index contributed by atoms with van der Waals surface area (Å²) in [6.45, 7) is 5.97. The van der Waals surface area contributed by atoms with Crippen LogP contribution in [-0.2, 0) is 4.79 Å². The van der Waals surface area contributed by atoms with Gasteiger partial charge >= 0.3 is 0 Å². The Morgan fingerprint density at radius 3 is 2.65 bits per heavy atom. The average Bonchev–Trinajstić information content (AvgIpc) is 2.82. The number of carbonyl (C=O) groups excluding carboxylic acids is 1. The van der Waals surface area contributed by atoms with E-state index in [2.05, 4.69) is 20.2 Å². The molecule has 0 saturated carbocycles. The van der Waals surface area contributed by atoms with E-state index < -0.39 is 5.82 Å². The van der Waals surface area contributed by atoms with E-state index in [9.17, 15) is 9.18 Å². The third kappa shape index (κ3) is 5.56. The molecule has 7 nitrogen and oxygen atoms in total. The molecule has 1 saturated heterocycles. The molecule has 0 atom stereocenters. The van der Waals surface area contributed by atoms with Crippen molar-refractivity contribution in [3.05, 3.63) is 47.5 Å². The molecule has 0 spiro atoms. The Hall–Kier alpha value is -2.97. The van der Waals surface area contributed by atoms with Crippen molar-refractivity contribution in [1.29, 1.82) is 0 Å². The number of carbonyl (C=O) groups is 1. The smallest absolute Gasteiger partial charge is 0.162 e. The van der Waals surface area contributed by atoms with E-state index in [4.69, 9.17) is 21.1 Å². The molecular weight excluding hydrogens is 459 g/mol. The lowest BCUT2D eigenvalue weighted by atomic mass is 10.0. The number of Topliss-reactive ketones (excluding diaryl/α,β-unsaturated/α-hetero) is 1. The van der Waals surface area contributed by atoms with Crippen LogP contribution in [0.2, 0.25) is 5.02 Å². The number of halogens is 2. The summed E-state index contributed by atoms with van der Waals surface area (Å²) in [6.07, 6.45) is 3.09. The summed E-state index contributed by atoms with van der Waals surface area (Å²) in [6, 6.07) is 8.06. The summed E-state index contributed by atoms with van der Waals surface area (Å²) in [4.78, 5) is 22.9. The van der Waals surface area contributed by atoms with Gasteiger partial charge in [0.1, 0.15) is 29.8 Å². The number of hydrogen-bond acceptors (Lipinski definition) is 7. The quantitative estimate of drug-likeness (QED) is 0.466. The number of anilines is 2. The molecule has 4 rings (SSSR count). The number of fused-ring (bicyclic) bond motifs is 1. The zero-order valence-corrected chi connectivity index (χ0v) is 20.2. The van der Waals surface area contributed by atoms with E-state index in [0.717, 1.165) is 31.3 Å². The fourth-order valence-electron chi connectivity index (χ4n) is 3.89. The second-order valence-corrected chi connectivity index (χ2v) is 9.12. The molecule has 9 heteroatoms. The van der Waals surface area contributed by atoms with Crippen LogP contribution < -0.4 is 14.8 Å². The monoisotopic (exact) mass is 486 g/mol. The Kier molecular flexibility index (Phi) is 7.48. The Morgan fingerprint density at radius 2 is 1.97 bits per heavy atom. The van der Waals surface area contributed by atoms with Gasteiger partial charge in [0.15, 0.2) is 11.5 Å². The second kappa shape index (κ2) is 10.5. The van der Waals surface area contributed by atoms with E-state index >= 15 is 0 Å². The van der Waals surface area contributed by atoms with Gasteiger partial charge in [0.25, 0.3) is 0 Å². The summed E-state index contributed by atoms with van der Waals surface area (Å²) < 4.78 is 25.4. The highest BCUT2D eigenvalue weighted by molar-refractivity contribution is 6.31. The third-order valence-corrected chi connectivity index (χ3v) is 6.24. The van der Waals surface area contributed by atoms with Gasteiger partial charge in [0, 0.05) is 36.1 Å². The highest BCUT2D eigenvalue weighted by Gasteiger charge is 2.24. The molecule has 0 bridgehead atoms. The van der Waals surface area contributed by atoms with Crippen LogP contribution in [0.25, 0.3) is 10.9 Å². The van der Waals surface area contributed by atoms with Crippen LogP contribution in [0.1, 0.15) is 26.7 Å². The van der Waals surface area contributed by atoms with Crippen molar-refractivity contribution in [2.24, 2.45) is 5.92 Å². The number of nitrogens with one attached hydrogen (secondary N) is 1. The highest BCUT2D eigenvalue weighted by atomic mass is 35.5. The van der Waals surface area contributed by atoms with Gasteiger partial charge in [-0.15, -0.1) is 0 Å². The summed E-state index contributed by atoms with van der Waals surface area (Å²) in [7, 11) is 1.59. The van der Waals surface area contributed by atoms with Crippen LogP contribution in [0.15, 0.2) is 36.7 Å². The number of ether oxygens (including phenoxy) is 2. The van der Waals surface area contributed by atoms with Gasteiger partial charge in [-0.1, -0.05) is 25.4 Å². The van der Waals surface area contributed by atoms with E-state index in [1.54, 1.807) is 13.2 Å². The minimum absolute atomic E-state index is 0.00805. The highest BCUT2D eigenvalue weighted by Crippen LogP contribution is 2.36. The maximum Gasteiger partial charge on any atom is 0.162 e. The molecule has 1 fully saturated rings. The number of benzene rings is 2. The minimum Gasteiger partial charge on any atom is -0.493 e. The molecule has 2 heterocycles. The lowest BCUT2D eigenvalue weighted by Crippen LogP contribution is -2.41. The molecule has 180 valence electrons. The predicted molar refractivity (Wildman–Crippen MR) is 131 cm³/mol. The summed E-state index contributed by atoms with van der Waals surface area (Å²) in [5.74, 6) is 1.55. The predicted octanol–water partition coefficient (Wildman–Crippen LogP) is 5.24. The van der Waals surface area contributed by atoms with E-state index in [1.807, 2.05) is 26.0 Å². The van der Waals surface area contributed by atoms with Crippen LogP contribution in [0.4, 0.5) is 15.9 Å². The van der Waals surface area contributed by atoms with Crippen molar-refractivity contribution in [3.8, 4) is 11.5 Å². The number of methoxy groups -OCH3 is 1. The number of ketones is 1. The number of piperidine rings is 1. The molecule has 2 aromatic carbocycles. The van der Waals surface area contributed by atoms with Crippen LogP contribution in [-0.4, -0.2) is 53.5 Å². The van der Waals surface area contributed by atoms with Gasteiger partial charge < -0.3 is 14.8 Å². The molecule has 0 aliphatic carbocycles. The molecule has 0 amide bonds. The Morgan fingerprint density at radius 1 is 1.21 bits per heavy atom. The van der Waals surface area contributed by atoms with Crippen molar-refractivity contribution >= 4 is 39.8 Å². The maximum atomic E-state index is 13.5. The zero-order valence-electron chi connectivity index (χ0n) is 19.5. The zero-order chi connectivity index (χ0) is 24.2. The van der Waals surface area contributed by atoms with Gasteiger partial charge in [-0.25, -0.2) is 14.4 Å². The number of nitrogens with zero attached hydrogens (tertiary/aromatic N) is 3. The largest absolute Gasteiger partial charge is 0.493 e.